The topological polar surface area (TPSA) is 43.8 Å². The van der Waals surface area contributed by atoms with Crippen LogP contribution in [-0.2, 0) is 12.6 Å². The van der Waals surface area contributed by atoms with E-state index in [9.17, 15) is 0 Å². The third kappa shape index (κ3) is 2.52. The van der Waals surface area contributed by atoms with Gasteiger partial charge >= 0.3 is 0 Å². The molecule has 0 saturated carbocycles. The normalized spacial score (nSPS) is 11.6. The molecule has 0 amide bonds. The summed E-state index contributed by atoms with van der Waals surface area (Å²) in [7, 11) is 1.93. The number of aryl methyl sites for hydroxylation is 1. The van der Waals surface area contributed by atoms with E-state index < -0.39 is 5.54 Å². The van der Waals surface area contributed by atoms with E-state index in [2.05, 4.69) is 4.98 Å². The minimum Gasteiger partial charge on any atom is -0.336 e. The van der Waals surface area contributed by atoms with Gasteiger partial charge in [-0.3, -0.25) is 0 Å². The molecule has 3 aromatic rings. The van der Waals surface area contributed by atoms with Crippen molar-refractivity contribution in [3.05, 3.63) is 87.9 Å². The van der Waals surface area contributed by atoms with Gasteiger partial charge in [0.15, 0.2) is 0 Å². The summed E-state index contributed by atoms with van der Waals surface area (Å²) in [5, 5.41) is 1.35. The lowest BCUT2D eigenvalue weighted by Gasteiger charge is -2.31. The van der Waals surface area contributed by atoms with Crippen LogP contribution in [0.1, 0.15) is 16.8 Å². The number of halogens is 2. The second-order valence-electron chi connectivity index (χ2n) is 5.21. The number of imidazole rings is 1. The highest BCUT2D eigenvalue weighted by Gasteiger charge is 2.34. The summed E-state index contributed by atoms with van der Waals surface area (Å²) in [5.74, 6) is 0. The first kappa shape index (κ1) is 15.1. The zero-order valence-electron chi connectivity index (χ0n) is 12.0. The highest BCUT2D eigenvalue weighted by Crippen LogP contribution is 2.34. The third-order valence-electron chi connectivity index (χ3n) is 3.82. The molecule has 2 N–H and O–H groups in total. The van der Waals surface area contributed by atoms with E-state index in [1.54, 1.807) is 12.5 Å². The maximum absolute atomic E-state index is 6.86. The molecular weight excluding hydrogens is 317 g/mol. The van der Waals surface area contributed by atoms with Gasteiger partial charge in [0, 0.05) is 17.1 Å². The molecule has 0 aliphatic carbocycles. The Labute approximate surface area is 139 Å². The fourth-order valence-corrected chi connectivity index (χ4v) is 2.88. The number of rotatable bonds is 3. The van der Waals surface area contributed by atoms with Gasteiger partial charge in [0.25, 0.3) is 0 Å². The highest BCUT2D eigenvalue weighted by molar-refractivity contribution is 6.30. The van der Waals surface area contributed by atoms with Crippen molar-refractivity contribution in [1.29, 1.82) is 0 Å². The fraction of sp³-hybridized carbons (Fsp3) is 0.118. The molecule has 3 rings (SSSR count). The standard InChI is InChI=1S/C17H15Cl2N3/c1-22-11-21-10-16(22)17(20,12-2-6-14(18)7-3-12)13-4-8-15(19)9-5-13/h2-11H,20H2,1H3. The minimum atomic E-state index is -0.833. The van der Waals surface area contributed by atoms with Crippen LogP contribution < -0.4 is 5.73 Å². The molecule has 0 saturated heterocycles. The summed E-state index contributed by atoms with van der Waals surface area (Å²) in [4.78, 5) is 4.20. The number of aromatic nitrogens is 2. The van der Waals surface area contributed by atoms with E-state index in [-0.39, 0.29) is 0 Å². The minimum absolute atomic E-state index is 0.673. The van der Waals surface area contributed by atoms with Gasteiger partial charge in [-0.1, -0.05) is 47.5 Å². The second-order valence-corrected chi connectivity index (χ2v) is 6.08. The van der Waals surface area contributed by atoms with Gasteiger partial charge in [-0.25, -0.2) is 4.98 Å². The van der Waals surface area contributed by atoms with E-state index >= 15 is 0 Å². The summed E-state index contributed by atoms with van der Waals surface area (Å²) < 4.78 is 1.92. The summed E-state index contributed by atoms with van der Waals surface area (Å²) in [6, 6.07) is 15.1. The van der Waals surface area contributed by atoms with Gasteiger partial charge < -0.3 is 10.3 Å². The first-order valence-corrected chi connectivity index (χ1v) is 7.55. The van der Waals surface area contributed by atoms with Crippen molar-refractivity contribution in [2.75, 3.05) is 0 Å². The average molecular weight is 332 g/mol. The molecule has 0 aliphatic heterocycles. The molecule has 0 atom stereocenters. The van der Waals surface area contributed by atoms with Gasteiger partial charge in [-0.05, 0) is 35.4 Å². The zero-order chi connectivity index (χ0) is 15.7. The molecule has 0 unspecified atom stereocenters. The number of nitrogens with zero attached hydrogens (tertiary/aromatic N) is 2. The van der Waals surface area contributed by atoms with E-state index in [0.717, 1.165) is 16.8 Å². The average Bonchev–Trinajstić information content (AvgIpc) is 2.94. The van der Waals surface area contributed by atoms with Crippen LogP contribution in [0.15, 0.2) is 61.1 Å². The van der Waals surface area contributed by atoms with Crippen LogP contribution in [0.5, 0.6) is 0 Å². The van der Waals surface area contributed by atoms with Crippen LogP contribution in [0.25, 0.3) is 0 Å². The Balaban J connectivity index is 2.24. The number of nitrogens with two attached hydrogens (primary N) is 1. The summed E-state index contributed by atoms with van der Waals surface area (Å²) in [5.41, 5.74) is 8.78. The van der Waals surface area contributed by atoms with Crippen LogP contribution in [0.3, 0.4) is 0 Å². The van der Waals surface area contributed by atoms with E-state index in [1.165, 1.54) is 0 Å². The molecule has 5 heteroatoms. The van der Waals surface area contributed by atoms with Gasteiger partial charge in [0.1, 0.15) is 5.54 Å². The maximum atomic E-state index is 6.86. The Kier molecular flexibility index (Phi) is 3.96. The Morgan fingerprint density at radius 1 is 0.909 bits per heavy atom. The number of hydrogen-bond acceptors (Lipinski definition) is 2. The molecule has 22 heavy (non-hydrogen) atoms. The summed E-state index contributed by atoms with van der Waals surface area (Å²) in [6.07, 6.45) is 3.52. The van der Waals surface area contributed by atoms with Crippen molar-refractivity contribution >= 4 is 23.2 Å². The Hall–Kier alpha value is -1.81. The molecule has 1 heterocycles. The van der Waals surface area contributed by atoms with Gasteiger partial charge in [0.2, 0.25) is 0 Å². The third-order valence-corrected chi connectivity index (χ3v) is 4.32. The largest absolute Gasteiger partial charge is 0.336 e. The van der Waals surface area contributed by atoms with Crippen molar-refractivity contribution < 1.29 is 0 Å². The smallest absolute Gasteiger partial charge is 0.109 e. The van der Waals surface area contributed by atoms with E-state index in [1.807, 2.05) is 60.1 Å². The molecule has 1 aromatic heterocycles. The van der Waals surface area contributed by atoms with Crippen LogP contribution in [-0.4, -0.2) is 9.55 Å². The lowest BCUT2D eigenvalue weighted by Crippen LogP contribution is -2.40. The molecule has 0 radical (unpaired) electrons. The van der Waals surface area contributed by atoms with Crippen molar-refractivity contribution in [1.82, 2.24) is 9.55 Å². The maximum Gasteiger partial charge on any atom is 0.109 e. The molecule has 0 fully saturated rings. The van der Waals surface area contributed by atoms with Crippen LogP contribution >= 0.6 is 23.2 Å². The predicted molar refractivity (Wildman–Crippen MR) is 90.2 cm³/mol. The summed E-state index contributed by atoms with van der Waals surface area (Å²) in [6.45, 7) is 0. The quantitative estimate of drug-likeness (QED) is 0.788. The highest BCUT2D eigenvalue weighted by atomic mass is 35.5. The molecule has 2 aromatic carbocycles. The lowest BCUT2D eigenvalue weighted by molar-refractivity contribution is 0.596. The zero-order valence-corrected chi connectivity index (χ0v) is 13.5. The van der Waals surface area contributed by atoms with Gasteiger partial charge in [-0.15, -0.1) is 0 Å². The predicted octanol–water partition coefficient (Wildman–Crippen LogP) is 3.98. The van der Waals surface area contributed by atoms with E-state index in [4.69, 9.17) is 28.9 Å². The molecule has 0 aliphatic rings. The first-order chi connectivity index (χ1) is 10.5. The first-order valence-electron chi connectivity index (χ1n) is 6.79. The van der Waals surface area contributed by atoms with Crippen molar-refractivity contribution in [3.63, 3.8) is 0 Å². The number of hydrogen-bond donors (Lipinski definition) is 1. The van der Waals surface area contributed by atoms with Crippen molar-refractivity contribution in [2.24, 2.45) is 12.8 Å². The summed E-state index contributed by atoms with van der Waals surface area (Å²) >= 11 is 12.0. The molecule has 112 valence electrons. The lowest BCUT2D eigenvalue weighted by atomic mass is 9.81. The van der Waals surface area contributed by atoms with Crippen LogP contribution in [0.2, 0.25) is 10.0 Å². The van der Waals surface area contributed by atoms with Gasteiger partial charge in [0.05, 0.1) is 18.2 Å². The SMILES string of the molecule is Cn1cncc1C(N)(c1ccc(Cl)cc1)c1ccc(Cl)cc1. The number of benzene rings is 2. The Morgan fingerprint density at radius 2 is 1.36 bits per heavy atom. The Morgan fingerprint density at radius 3 is 1.73 bits per heavy atom. The molecule has 0 bridgehead atoms. The van der Waals surface area contributed by atoms with Crippen molar-refractivity contribution in [2.45, 2.75) is 5.54 Å². The fourth-order valence-electron chi connectivity index (χ4n) is 2.63. The monoisotopic (exact) mass is 331 g/mol. The van der Waals surface area contributed by atoms with Crippen LogP contribution in [0, 0.1) is 0 Å². The Bertz CT molecular complexity index is 731. The van der Waals surface area contributed by atoms with Crippen molar-refractivity contribution in [3.8, 4) is 0 Å². The molecular formula is C17H15Cl2N3. The molecule has 3 nitrogen and oxygen atoms in total. The molecule has 0 spiro atoms. The second kappa shape index (κ2) is 5.76. The van der Waals surface area contributed by atoms with Gasteiger partial charge in [-0.2, -0.15) is 0 Å². The van der Waals surface area contributed by atoms with E-state index in [0.29, 0.717) is 10.0 Å². The van der Waals surface area contributed by atoms with Crippen LogP contribution in [0.4, 0.5) is 0 Å².